The molecule has 2 rings (SSSR count). The van der Waals surface area contributed by atoms with Crippen LogP contribution in [0.1, 0.15) is 36.0 Å². The number of benzene rings is 1. The first-order valence-electron chi connectivity index (χ1n) is 6.54. The van der Waals surface area contributed by atoms with Crippen molar-refractivity contribution in [3.63, 3.8) is 0 Å². The third-order valence-electron chi connectivity index (χ3n) is 3.68. The summed E-state index contributed by atoms with van der Waals surface area (Å²) >= 11 is 11.3. The maximum absolute atomic E-state index is 13.7. The summed E-state index contributed by atoms with van der Waals surface area (Å²) in [6.45, 7) is 0. The Hall–Kier alpha value is -0.870. The van der Waals surface area contributed by atoms with Crippen molar-refractivity contribution in [2.24, 2.45) is 5.92 Å². The van der Waals surface area contributed by atoms with Crippen LogP contribution in [0.15, 0.2) is 12.1 Å². The topological polar surface area (TPSA) is 29.1 Å². The van der Waals surface area contributed by atoms with Crippen LogP contribution in [-0.4, -0.2) is 17.8 Å². The Morgan fingerprint density at radius 1 is 1.25 bits per heavy atom. The summed E-state index contributed by atoms with van der Waals surface area (Å²) in [4.78, 5) is 12.1. The van der Waals surface area contributed by atoms with Crippen molar-refractivity contribution in [3.05, 3.63) is 34.4 Å². The van der Waals surface area contributed by atoms with Crippen LogP contribution in [0.2, 0.25) is 5.02 Å². The maximum Gasteiger partial charge on any atom is 0.254 e. The summed E-state index contributed by atoms with van der Waals surface area (Å²) in [5.41, 5.74) is -0.328. The lowest BCUT2D eigenvalue weighted by molar-refractivity contribution is 0.0906. The zero-order valence-electron chi connectivity index (χ0n) is 10.8. The van der Waals surface area contributed by atoms with Crippen molar-refractivity contribution >= 4 is 29.1 Å². The lowest BCUT2D eigenvalue weighted by atomic mass is 9.85. The summed E-state index contributed by atoms with van der Waals surface area (Å²) in [5.74, 6) is -1.64. The van der Waals surface area contributed by atoms with Gasteiger partial charge in [0.05, 0.1) is 10.6 Å². The zero-order chi connectivity index (χ0) is 14.7. The minimum atomic E-state index is -0.827. The van der Waals surface area contributed by atoms with Crippen molar-refractivity contribution in [1.29, 1.82) is 0 Å². The predicted molar refractivity (Wildman–Crippen MR) is 75.3 cm³/mol. The van der Waals surface area contributed by atoms with E-state index in [4.69, 9.17) is 23.2 Å². The van der Waals surface area contributed by atoms with Crippen LogP contribution in [0, 0.1) is 17.6 Å². The van der Waals surface area contributed by atoms with Gasteiger partial charge in [-0.05, 0) is 30.9 Å². The van der Waals surface area contributed by atoms with E-state index < -0.39 is 17.5 Å². The van der Waals surface area contributed by atoms with Gasteiger partial charge in [0.15, 0.2) is 0 Å². The Bertz CT molecular complexity index is 510. The van der Waals surface area contributed by atoms with Gasteiger partial charge >= 0.3 is 0 Å². The molecule has 1 N–H and O–H groups in total. The fraction of sp³-hybridized carbons (Fsp3) is 0.500. The smallest absolute Gasteiger partial charge is 0.254 e. The van der Waals surface area contributed by atoms with Gasteiger partial charge in [-0.3, -0.25) is 4.79 Å². The van der Waals surface area contributed by atoms with Crippen molar-refractivity contribution in [1.82, 2.24) is 5.32 Å². The highest BCUT2D eigenvalue weighted by molar-refractivity contribution is 6.30. The second-order valence-corrected chi connectivity index (χ2v) is 5.74. The summed E-state index contributed by atoms with van der Waals surface area (Å²) in [5, 5.41) is 2.41. The average molecular weight is 322 g/mol. The molecule has 6 heteroatoms. The first-order chi connectivity index (χ1) is 9.52. The van der Waals surface area contributed by atoms with Gasteiger partial charge in [0.2, 0.25) is 0 Å². The van der Waals surface area contributed by atoms with Crippen molar-refractivity contribution < 1.29 is 13.6 Å². The van der Waals surface area contributed by atoms with Crippen LogP contribution in [0.4, 0.5) is 8.78 Å². The van der Waals surface area contributed by atoms with Crippen molar-refractivity contribution in [2.45, 2.75) is 31.7 Å². The van der Waals surface area contributed by atoms with Crippen LogP contribution in [0.3, 0.4) is 0 Å². The van der Waals surface area contributed by atoms with E-state index in [0.717, 1.165) is 37.8 Å². The molecule has 1 saturated carbocycles. The van der Waals surface area contributed by atoms with Gasteiger partial charge < -0.3 is 5.32 Å². The molecular weight excluding hydrogens is 307 g/mol. The van der Waals surface area contributed by atoms with E-state index in [-0.39, 0.29) is 22.5 Å². The first-order valence-corrected chi connectivity index (χ1v) is 7.45. The average Bonchev–Trinajstić information content (AvgIpc) is 2.43. The number of carbonyl (C=O) groups excluding carboxylic acids is 1. The number of hydrogen-bond donors (Lipinski definition) is 1. The molecule has 2 nitrogen and oxygen atoms in total. The molecule has 0 aromatic heterocycles. The SMILES string of the molecule is O=C(NC1CCCCC1CCl)c1cc(F)c(Cl)cc1F. The van der Waals surface area contributed by atoms with Crippen LogP contribution < -0.4 is 5.32 Å². The standard InChI is InChI=1S/C14H15Cl2F2NO/c15-7-8-3-1-2-4-13(8)19-14(20)9-5-12(18)10(16)6-11(9)17/h5-6,8,13H,1-4,7H2,(H,19,20). The summed E-state index contributed by atoms with van der Waals surface area (Å²) in [7, 11) is 0. The van der Waals surface area contributed by atoms with Gasteiger partial charge in [-0.25, -0.2) is 8.78 Å². The quantitative estimate of drug-likeness (QED) is 0.657. The number of nitrogens with one attached hydrogen (secondary N) is 1. The third-order valence-corrected chi connectivity index (χ3v) is 4.36. The lowest BCUT2D eigenvalue weighted by Crippen LogP contribution is -2.43. The highest BCUT2D eigenvalue weighted by Gasteiger charge is 2.27. The molecule has 2 unspecified atom stereocenters. The molecule has 0 radical (unpaired) electrons. The monoisotopic (exact) mass is 321 g/mol. The fourth-order valence-electron chi connectivity index (χ4n) is 2.53. The van der Waals surface area contributed by atoms with E-state index in [1.807, 2.05) is 0 Å². The number of halogens is 4. The van der Waals surface area contributed by atoms with Crippen molar-refractivity contribution in [3.8, 4) is 0 Å². The van der Waals surface area contributed by atoms with E-state index in [0.29, 0.717) is 5.88 Å². The largest absolute Gasteiger partial charge is 0.349 e. The molecule has 0 bridgehead atoms. The van der Waals surface area contributed by atoms with E-state index in [2.05, 4.69) is 5.32 Å². The molecule has 1 fully saturated rings. The van der Waals surface area contributed by atoms with Gasteiger partial charge in [0.25, 0.3) is 5.91 Å². The molecule has 20 heavy (non-hydrogen) atoms. The number of alkyl halides is 1. The first kappa shape index (κ1) is 15.5. The summed E-state index contributed by atoms with van der Waals surface area (Å²) in [6.07, 6.45) is 3.82. The number of rotatable bonds is 3. The lowest BCUT2D eigenvalue weighted by Gasteiger charge is -2.30. The Morgan fingerprint density at radius 2 is 1.95 bits per heavy atom. The van der Waals surface area contributed by atoms with Crippen LogP contribution in [-0.2, 0) is 0 Å². The maximum atomic E-state index is 13.7. The predicted octanol–water partition coefficient (Wildman–Crippen LogP) is 4.15. The molecule has 1 aliphatic carbocycles. The molecule has 1 aromatic rings. The van der Waals surface area contributed by atoms with E-state index >= 15 is 0 Å². The highest BCUT2D eigenvalue weighted by Crippen LogP contribution is 2.26. The second-order valence-electron chi connectivity index (χ2n) is 5.02. The van der Waals surface area contributed by atoms with Crippen molar-refractivity contribution in [2.75, 3.05) is 5.88 Å². The second kappa shape index (κ2) is 6.72. The van der Waals surface area contributed by atoms with Gasteiger partial charge in [-0.15, -0.1) is 11.6 Å². The van der Waals surface area contributed by atoms with Gasteiger partial charge in [0, 0.05) is 11.9 Å². The molecule has 0 spiro atoms. The summed E-state index contributed by atoms with van der Waals surface area (Å²) in [6, 6.07) is 1.55. The number of hydrogen-bond acceptors (Lipinski definition) is 1. The number of amides is 1. The molecule has 0 saturated heterocycles. The molecule has 110 valence electrons. The minimum Gasteiger partial charge on any atom is -0.349 e. The molecule has 1 aliphatic rings. The molecule has 0 heterocycles. The summed E-state index contributed by atoms with van der Waals surface area (Å²) < 4.78 is 27.0. The van der Waals surface area contributed by atoms with Crippen LogP contribution in [0.25, 0.3) is 0 Å². The van der Waals surface area contributed by atoms with Crippen LogP contribution in [0.5, 0.6) is 0 Å². The molecule has 0 aliphatic heterocycles. The third kappa shape index (κ3) is 3.41. The van der Waals surface area contributed by atoms with E-state index in [1.165, 1.54) is 0 Å². The fourth-order valence-corrected chi connectivity index (χ4v) is 3.04. The Morgan fingerprint density at radius 3 is 2.65 bits per heavy atom. The molecular formula is C14H15Cl2F2NO. The molecule has 1 aromatic carbocycles. The van der Waals surface area contributed by atoms with Gasteiger partial charge in [0.1, 0.15) is 11.6 Å². The highest BCUT2D eigenvalue weighted by atomic mass is 35.5. The normalized spacial score (nSPS) is 22.6. The number of carbonyl (C=O) groups is 1. The Balaban J connectivity index is 2.13. The molecule has 2 atom stereocenters. The zero-order valence-corrected chi connectivity index (χ0v) is 12.3. The van der Waals surface area contributed by atoms with Gasteiger partial charge in [-0.2, -0.15) is 0 Å². The molecule has 1 amide bonds. The van der Waals surface area contributed by atoms with Crippen LogP contribution >= 0.6 is 23.2 Å². The Labute approximate surface area is 126 Å². The van der Waals surface area contributed by atoms with E-state index in [1.54, 1.807) is 0 Å². The van der Waals surface area contributed by atoms with E-state index in [9.17, 15) is 13.6 Å². The minimum absolute atomic E-state index is 0.0908. The Kier molecular flexibility index (Phi) is 5.22. The van der Waals surface area contributed by atoms with Gasteiger partial charge in [-0.1, -0.05) is 24.4 Å².